The van der Waals surface area contributed by atoms with Crippen LogP contribution in [-0.2, 0) is 6.42 Å². The topological polar surface area (TPSA) is 64.9 Å². The molecule has 4 nitrogen and oxygen atoms in total. The lowest BCUT2D eigenvalue weighted by molar-refractivity contribution is 0.570. The van der Waals surface area contributed by atoms with Crippen LogP contribution in [0.15, 0.2) is 16.7 Å². The largest absolute Gasteiger partial charge is 0.452 e. The molecule has 0 bridgehead atoms. The van der Waals surface area contributed by atoms with Gasteiger partial charge in [-0.15, -0.1) is 10.2 Å². The number of hydrogen-bond acceptors (Lipinski definition) is 5. The van der Waals surface area contributed by atoms with Crippen molar-refractivity contribution >= 4 is 22.9 Å². The lowest BCUT2D eigenvalue weighted by atomic mass is 10.4. The van der Waals surface area contributed by atoms with Gasteiger partial charge in [-0.1, -0.05) is 11.3 Å². The Morgan fingerprint density at radius 1 is 1.50 bits per heavy atom. The third-order valence-corrected chi connectivity index (χ3v) is 2.98. The van der Waals surface area contributed by atoms with E-state index in [1.165, 1.54) is 17.6 Å². The molecule has 0 spiro atoms. The number of furan rings is 1. The molecular weight excluding hydrogens is 222 g/mol. The normalized spacial score (nSPS) is 10.7. The van der Waals surface area contributed by atoms with Gasteiger partial charge in [-0.05, 0) is 24.2 Å². The van der Waals surface area contributed by atoms with Gasteiger partial charge in [-0.25, -0.2) is 0 Å². The summed E-state index contributed by atoms with van der Waals surface area (Å²) >= 11 is 7.29. The molecule has 2 heterocycles. The van der Waals surface area contributed by atoms with E-state index in [9.17, 15) is 0 Å². The first-order valence-corrected chi connectivity index (χ1v) is 5.26. The van der Waals surface area contributed by atoms with E-state index in [2.05, 4.69) is 10.2 Å². The zero-order valence-corrected chi connectivity index (χ0v) is 8.81. The number of nitrogens with two attached hydrogens (primary N) is 1. The van der Waals surface area contributed by atoms with E-state index >= 15 is 0 Å². The summed E-state index contributed by atoms with van der Waals surface area (Å²) in [5, 5.41) is 10.0. The van der Waals surface area contributed by atoms with Crippen molar-refractivity contribution in [1.82, 2.24) is 10.2 Å². The molecular formula is C8H8ClN3OS. The molecule has 14 heavy (non-hydrogen) atoms. The summed E-state index contributed by atoms with van der Waals surface area (Å²) in [6.45, 7) is 0.577. The summed E-state index contributed by atoms with van der Waals surface area (Å²) in [5.41, 5.74) is 6.20. The molecule has 0 unspecified atom stereocenters. The lowest BCUT2D eigenvalue weighted by Crippen LogP contribution is -2.01. The number of aromatic nitrogens is 2. The monoisotopic (exact) mass is 229 g/mol. The van der Waals surface area contributed by atoms with Crippen molar-refractivity contribution in [3.8, 4) is 10.6 Å². The van der Waals surface area contributed by atoms with E-state index in [-0.39, 0.29) is 0 Å². The summed E-state index contributed by atoms with van der Waals surface area (Å²) in [6, 6.07) is 1.77. The van der Waals surface area contributed by atoms with Gasteiger partial charge in [0.1, 0.15) is 5.01 Å². The molecule has 2 N–H and O–H groups in total. The second kappa shape index (κ2) is 4.08. The van der Waals surface area contributed by atoms with Crippen LogP contribution in [-0.4, -0.2) is 16.7 Å². The molecule has 2 aromatic heterocycles. The zero-order chi connectivity index (χ0) is 9.97. The van der Waals surface area contributed by atoms with Crippen LogP contribution < -0.4 is 5.73 Å². The Morgan fingerprint density at radius 3 is 3.00 bits per heavy atom. The first kappa shape index (κ1) is 9.64. The minimum absolute atomic E-state index is 0.348. The summed E-state index contributed by atoms with van der Waals surface area (Å²) in [5.74, 6) is 0. The fourth-order valence-corrected chi connectivity index (χ4v) is 2.17. The second-order valence-corrected chi connectivity index (χ2v) is 4.05. The van der Waals surface area contributed by atoms with E-state index in [1.54, 1.807) is 6.07 Å². The Balaban J connectivity index is 2.29. The second-order valence-electron chi connectivity index (χ2n) is 2.65. The van der Waals surface area contributed by atoms with E-state index in [4.69, 9.17) is 21.8 Å². The Kier molecular flexibility index (Phi) is 2.81. The molecule has 0 aromatic carbocycles. The van der Waals surface area contributed by atoms with Crippen molar-refractivity contribution in [2.45, 2.75) is 6.42 Å². The van der Waals surface area contributed by atoms with Crippen LogP contribution in [0.25, 0.3) is 10.6 Å². The van der Waals surface area contributed by atoms with Gasteiger partial charge >= 0.3 is 0 Å². The first-order valence-electron chi connectivity index (χ1n) is 4.07. The molecule has 0 aliphatic heterocycles. The predicted molar refractivity (Wildman–Crippen MR) is 55.4 cm³/mol. The van der Waals surface area contributed by atoms with Gasteiger partial charge in [-0.3, -0.25) is 0 Å². The fourth-order valence-electron chi connectivity index (χ4n) is 1.03. The Bertz CT molecular complexity index is 426. The molecule has 0 aliphatic rings. The van der Waals surface area contributed by atoms with Gasteiger partial charge in [0.25, 0.3) is 0 Å². The molecule has 0 atom stereocenters. The van der Waals surface area contributed by atoms with Crippen LogP contribution in [0.1, 0.15) is 5.01 Å². The highest BCUT2D eigenvalue weighted by Crippen LogP contribution is 2.30. The molecule has 0 aliphatic carbocycles. The van der Waals surface area contributed by atoms with Gasteiger partial charge in [0.2, 0.25) is 5.22 Å². The highest BCUT2D eigenvalue weighted by Gasteiger charge is 2.11. The molecule has 6 heteroatoms. The van der Waals surface area contributed by atoms with E-state index in [0.717, 1.165) is 22.0 Å². The molecule has 2 rings (SSSR count). The summed E-state index contributed by atoms with van der Waals surface area (Å²) in [6.07, 6.45) is 2.27. The molecule has 2 aromatic rings. The average Bonchev–Trinajstić information content (AvgIpc) is 2.74. The number of hydrogen-bond donors (Lipinski definition) is 1. The molecule has 0 fully saturated rings. The predicted octanol–water partition coefficient (Wildman–Crippen LogP) is 1.95. The first-order chi connectivity index (χ1) is 6.81. The Labute approximate surface area is 89.7 Å². The van der Waals surface area contributed by atoms with Crippen LogP contribution in [0, 0.1) is 0 Å². The van der Waals surface area contributed by atoms with Crippen LogP contribution in [0.3, 0.4) is 0 Å². The van der Waals surface area contributed by atoms with Gasteiger partial charge in [0.05, 0.1) is 11.8 Å². The fraction of sp³-hybridized carbons (Fsp3) is 0.250. The maximum atomic E-state index is 5.81. The maximum absolute atomic E-state index is 5.81. The maximum Gasteiger partial charge on any atom is 0.203 e. The van der Waals surface area contributed by atoms with Gasteiger partial charge in [0, 0.05) is 6.42 Å². The average molecular weight is 230 g/mol. The summed E-state index contributed by atoms with van der Waals surface area (Å²) < 4.78 is 4.97. The van der Waals surface area contributed by atoms with Crippen molar-refractivity contribution in [1.29, 1.82) is 0 Å². The van der Waals surface area contributed by atoms with Gasteiger partial charge < -0.3 is 10.2 Å². The van der Waals surface area contributed by atoms with Crippen LogP contribution in [0.2, 0.25) is 5.22 Å². The Morgan fingerprint density at radius 2 is 2.36 bits per heavy atom. The molecule has 74 valence electrons. The lowest BCUT2D eigenvalue weighted by Gasteiger charge is -1.87. The zero-order valence-electron chi connectivity index (χ0n) is 7.24. The van der Waals surface area contributed by atoms with E-state index in [0.29, 0.717) is 11.8 Å². The van der Waals surface area contributed by atoms with Crippen molar-refractivity contribution in [2.24, 2.45) is 5.73 Å². The van der Waals surface area contributed by atoms with Crippen molar-refractivity contribution < 1.29 is 4.42 Å². The smallest absolute Gasteiger partial charge is 0.203 e. The third kappa shape index (κ3) is 1.79. The van der Waals surface area contributed by atoms with Crippen LogP contribution in [0.4, 0.5) is 0 Å². The summed E-state index contributed by atoms with van der Waals surface area (Å²) in [7, 11) is 0. The highest BCUT2D eigenvalue weighted by atomic mass is 35.5. The van der Waals surface area contributed by atoms with Crippen LogP contribution >= 0.6 is 22.9 Å². The number of halogens is 1. The van der Waals surface area contributed by atoms with Gasteiger partial charge in [0.15, 0.2) is 5.01 Å². The van der Waals surface area contributed by atoms with Crippen LogP contribution in [0.5, 0.6) is 0 Å². The standard InChI is InChI=1S/C8H8ClN3OS/c9-7-5(2-4-13-7)8-12-11-6(14-8)1-3-10/h2,4H,1,3,10H2. The highest BCUT2D eigenvalue weighted by molar-refractivity contribution is 7.14. The van der Waals surface area contributed by atoms with Crippen molar-refractivity contribution in [2.75, 3.05) is 6.54 Å². The minimum atomic E-state index is 0.348. The molecule has 0 radical (unpaired) electrons. The van der Waals surface area contributed by atoms with E-state index < -0.39 is 0 Å². The number of nitrogens with zero attached hydrogens (tertiary/aromatic N) is 2. The van der Waals surface area contributed by atoms with Crippen molar-refractivity contribution in [3.63, 3.8) is 0 Å². The quantitative estimate of drug-likeness (QED) is 0.874. The van der Waals surface area contributed by atoms with Crippen molar-refractivity contribution in [3.05, 3.63) is 22.6 Å². The Hall–Kier alpha value is -0.910. The van der Waals surface area contributed by atoms with E-state index in [1.807, 2.05) is 0 Å². The molecule has 0 saturated heterocycles. The summed E-state index contributed by atoms with van der Waals surface area (Å²) in [4.78, 5) is 0. The van der Waals surface area contributed by atoms with Gasteiger partial charge in [-0.2, -0.15) is 0 Å². The number of rotatable bonds is 3. The minimum Gasteiger partial charge on any atom is -0.452 e. The third-order valence-electron chi connectivity index (χ3n) is 1.67. The SMILES string of the molecule is NCCc1nnc(-c2ccoc2Cl)s1. The molecule has 0 amide bonds. The molecule has 0 saturated carbocycles.